The highest BCUT2D eigenvalue weighted by atomic mass is 16.5. The van der Waals surface area contributed by atoms with Crippen LogP contribution in [0.3, 0.4) is 0 Å². The first-order valence-corrected chi connectivity index (χ1v) is 5.08. The van der Waals surface area contributed by atoms with Crippen LogP contribution in [0.2, 0.25) is 0 Å². The molecule has 1 aliphatic heterocycles. The van der Waals surface area contributed by atoms with E-state index in [9.17, 15) is 4.79 Å². The van der Waals surface area contributed by atoms with Crippen molar-refractivity contribution in [3.05, 3.63) is 12.2 Å². The number of carbonyl (C=O) groups excluding carboxylic acids is 1. The number of methoxy groups -OCH3 is 1. The number of rotatable bonds is 3. The molecular formula is C11H19NO2. The Hall–Kier alpha value is -0.830. The van der Waals surface area contributed by atoms with E-state index >= 15 is 0 Å². The molecule has 1 rings (SSSR count). The third-order valence-electron chi connectivity index (χ3n) is 2.73. The first kappa shape index (κ1) is 11.2. The average Bonchev–Trinajstić information content (AvgIpc) is 2.16. The Bertz CT molecular complexity index is 225. The first-order valence-electron chi connectivity index (χ1n) is 5.08. The number of piperidine rings is 1. The van der Waals surface area contributed by atoms with Gasteiger partial charge in [-0.15, -0.1) is 0 Å². The van der Waals surface area contributed by atoms with Gasteiger partial charge in [0.05, 0.1) is 7.11 Å². The molecule has 1 atom stereocenters. The number of hydrogen-bond donors (Lipinski definition) is 0. The van der Waals surface area contributed by atoms with Crippen LogP contribution >= 0.6 is 0 Å². The molecule has 1 fully saturated rings. The quantitative estimate of drug-likeness (QED) is 0.506. The summed E-state index contributed by atoms with van der Waals surface area (Å²) in [5, 5.41) is 0. The second kappa shape index (κ2) is 5.15. The van der Waals surface area contributed by atoms with Gasteiger partial charge in [-0.3, -0.25) is 0 Å². The Labute approximate surface area is 85.7 Å². The van der Waals surface area contributed by atoms with Crippen LogP contribution < -0.4 is 0 Å². The number of carbonyl (C=O) groups is 1. The molecule has 80 valence electrons. The minimum absolute atomic E-state index is 0.266. The van der Waals surface area contributed by atoms with Crippen molar-refractivity contribution < 1.29 is 9.53 Å². The van der Waals surface area contributed by atoms with Gasteiger partial charge >= 0.3 is 5.97 Å². The summed E-state index contributed by atoms with van der Waals surface area (Å²) in [5.41, 5.74) is 0.604. The summed E-state index contributed by atoms with van der Waals surface area (Å²) in [7, 11) is 3.52. The monoisotopic (exact) mass is 197 g/mol. The van der Waals surface area contributed by atoms with Crippen LogP contribution in [0.4, 0.5) is 0 Å². The zero-order chi connectivity index (χ0) is 10.6. The normalized spacial score (nSPS) is 23.1. The van der Waals surface area contributed by atoms with E-state index in [1.54, 1.807) is 0 Å². The topological polar surface area (TPSA) is 29.5 Å². The number of hydrogen-bond acceptors (Lipinski definition) is 3. The molecular weight excluding hydrogens is 178 g/mol. The lowest BCUT2D eigenvalue weighted by Crippen LogP contribution is -2.32. The van der Waals surface area contributed by atoms with Crippen molar-refractivity contribution in [2.45, 2.75) is 19.3 Å². The minimum Gasteiger partial charge on any atom is -0.466 e. The molecule has 0 aromatic heterocycles. The van der Waals surface area contributed by atoms with Crippen LogP contribution in [0.15, 0.2) is 12.2 Å². The molecule has 0 aliphatic carbocycles. The maximum absolute atomic E-state index is 11.1. The van der Waals surface area contributed by atoms with Gasteiger partial charge in [-0.1, -0.05) is 6.58 Å². The first-order chi connectivity index (χ1) is 6.63. The van der Waals surface area contributed by atoms with Gasteiger partial charge in [0.1, 0.15) is 0 Å². The summed E-state index contributed by atoms with van der Waals surface area (Å²) in [4.78, 5) is 13.4. The van der Waals surface area contributed by atoms with Crippen molar-refractivity contribution in [2.24, 2.45) is 5.92 Å². The number of esters is 1. The molecule has 3 heteroatoms. The van der Waals surface area contributed by atoms with E-state index in [1.165, 1.54) is 26.5 Å². The fourth-order valence-corrected chi connectivity index (χ4v) is 2.02. The van der Waals surface area contributed by atoms with Crippen LogP contribution in [-0.2, 0) is 9.53 Å². The van der Waals surface area contributed by atoms with Gasteiger partial charge in [-0.2, -0.15) is 0 Å². The zero-order valence-corrected chi connectivity index (χ0v) is 9.08. The van der Waals surface area contributed by atoms with E-state index < -0.39 is 0 Å². The molecule has 0 bridgehead atoms. The smallest absolute Gasteiger partial charge is 0.333 e. The third-order valence-corrected chi connectivity index (χ3v) is 2.73. The summed E-state index contributed by atoms with van der Waals surface area (Å²) in [6, 6.07) is 0. The molecule has 1 heterocycles. The lowest BCUT2D eigenvalue weighted by Gasteiger charge is -2.29. The highest BCUT2D eigenvalue weighted by Gasteiger charge is 2.20. The van der Waals surface area contributed by atoms with Crippen molar-refractivity contribution in [3.63, 3.8) is 0 Å². The Morgan fingerprint density at radius 1 is 1.64 bits per heavy atom. The van der Waals surface area contributed by atoms with Crippen LogP contribution in [0.5, 0.6) is 0 Å². The summed E-state index contributed by atoms with van der Waals surface area (Å²) in [6.07, 6.45) is 3.19. The molecule has 0 aromatic carbocycles. The van der Waals surface area contributed by atoms with Crippen molar-refractivity contribution in [1.29, 1.82) is 0 Å². The largest absolute Gasteiger partial charge is 0.466 e. The molecule has 0 spiro atoms. The molecule has 0 N–H and O–H groups in total. The lowest BCUT2D eigenvalue weighted by molar-refractivity contribution is -0.136. The summed E-state index contributed by atoms with van der Waals surface area (Å²) in [6.45, 7) is 5.98. The molecule has 0 saturated carbocycles. The Morgan fingerprint density at radius 2 is 2.36 bits per heavy atom. The van der Waals surface area contributed by atoms with Gasteiger partial charge < -0.3 is 9.64 Å². The summed E-state index contributed by atoms with van der Waals surface area (Å²) in [5.74, 6) is 0.304. The second-order valence-electron chi connectivity index (χ2n) is 4.07. The maximum Gasteiger partial charge on any atom is 0.333 e. The van der Waals surface area contributed by atoms with Gasteiger partial charge in [0.15, 0.2) is 0 Å². The molecule has 1 saturated heterocycles. The van der Waals surface area contributed by atoms with E-state index in [0.717, 1.165) is 13.0 Å². The van der Waals surface area contributed by atoms with E-state index in [0.29, 0.717) is 11.5 Å². The van der Waals surface area contributed by atoms with E-state index in [2.05, 4.69) is 23.3 Å². The lowest BCUT2D eigenvalue weighted by atomic mass is 9.92. The molecule has 0 aromatic rings. The minimum atomic E-state index is -0.266. The van der Waals surface area contributed by atoms with Crippen molar-refractivity contribution in [3.8, 4) is 0 Å². The van der Waals surface area contributed by atoms with Crippen LogP contribution in [-0.4, -0.2) is 38.1 Å². The van der Waals surface area contributed by atoms with Crippen molar-refractivity contribution in [1.82, 2.24) is 4.90 Å². The Kier molecular flexibility index (Phi) is 4.14. The van der Waals surface area contributed by atoms with Crippen LogP contribution in [0.1, 0.15) is 19.3 Å². The summed E-state index contributed by atoms with van der Waals surface area (Å²) >= 11 is 0. The third kappa shape index (κ3) is 3.14. The predicted octanol–water partition coefficient (Wildman–Crippen LogP) is 1.45. The van der Waals surface area contributed by atoms with Crippen LogP contribution in [0, 0.1) is 5.92 Å². The van der Waals surface area contributed by atoms with Gasteiger partial charge in [-0.25, -0.2) is 4.79 Å². The molecule has 1 aliphatic rings. The highest BCUT2D eigenvalue weighted by molar-refractivity contribution is 5.87. The van der Waals surface area contributed by atoms with Crippen molar-refractivity contribution in [2.75, 3.05) is 27.2 Å². The SMILES string of the molecule is C=C(CC1CCCN(C)C1)C(=O)OC. The van der Waals surface area contributed by atoms with E-state index in [4.69, 9.17) is 0 Å². The van der Waals surface area contributed by atoms with Gasteiger partial charge in [-0.05, 0) is 38.8 Å². The molecule has 1 unspecified atom stereocenters. The van der Waals surface area contributed by atoms with E-state index in [1.807, 2.05) is 0 Å². The molecule has 0 amide bonds. The molecule has 0 radical (unpaired) electrons. The highest BCUT2D eigenvalue weighted by Crippen LogP contribution is 2.21. The fraction of sp³-hybridized carbons (Fsp3) is 0.727. The number of nitrogens with zero attached hydrogens (tertiary/aromatic N) is 1. The second-order valence-corrected chi connectivity index (χ2v) is 4.07. The summed E-state index contributed by atoms with van der Waals surface area (Å²) < 4.78 is 4.63. The Balaban J connectivity index is 2.36. The fourth-order valence-electron chi connectivity index (χ4n) is 2.02. The zero-order valence-electron chi connectivity index (χ0n) is 9.08. The van der Waals surface area contributed by atoms with Gasteiger partial charge in [0.2, 0.25) is 0 Å². The van der Waals surface area contributed by atoms with E-state index in [-0.39, 0.29) is 5.97 Å². The Morgan fingerprint density at radius 3 is 2.93 bits per heavy atom. The maximum atomic E-state index is 11.1. The van der Waals surface area contributed by atoms with Gasteiger partial charge in [0, 0.05) is 12.1 Å². The van der Waals surface area contributed by atoms with Crippen molar-refractivity contribution >= 4 is 5.97 Å². The number of ether oxygens (including phenoxy) is 1. The average molecular weight is 197 g/mol. The van der Waals surface area contributed by atoms with Crippen LogP contribution in [0.25, 0.3) is 0 Å². The van der Waals surface area contributed by atoms with Gasteiger partial charge in [0.25, 0.3) is 0 Å². The predicted molar refractivity (Wildman–Crippen MR) is 56.0 cm³/mol. The molecule has 3 nitrogen and oxygen atoms in total. The standard InChI is InChI=1S/C11H19NO2/c1-9(11(13)14-3)7-10-5-4-6-12(2)8-10/h10H,1,4-8H2,2-3H3. The molecule has 14 heavy (non-hydrogen) atoms. The number of likely N-dealkylation sites (tertiary alicyclic amines) is 1.